The zero-order chi connectivity index (χ0) is 19.3. The number of hydrogen-bond donors (Lipinski definition) is 0. The van der Waals surface area contributed by atoms with Gasteiger partial charge in [0.1, 0.15) is 0 Å². The highest BCUT2D eigenvalue weighted by Crippen LogP contribution is 2.14. The zero-order valence-corrected chi connectivity index (χ0v) is 19.6. The summed E-state index contributed by atoms with van der Waals surface area (Å²) in [5.74, 6) is -0.307. The Morgan fingerprint density at radius 1 is 0.769 bits per heavy atom. The molecule has 0 saturated carbocycles. The van der Waals surface area contributed by atoms with Crippen molar-refractivity contribution in [2.75, 3.05) is 6.61 Å². The van der Waals surface area contributed by atoms with E-state index in [0.717, 1.165) is 12.8 Å². The number of hydrogen-bond acceptors (Lipinski definition) is 2. The van der Waals surface area contributed by atoms with Crippen LogP contribution in [0.2, 0.25) is 6.04 Å². The minimum absolute atomic E-state index is 0.0380. The lowest BCUT2D eigenvalue weighted by Gasteiger charge is -2.04. The largest absolute Gasteiger partial charge is 0.463 e. The highest BCUT2D eigenvalue weighted by Gasteiger charge is 1.99. The summed E-state index contributed by atoms with van der Waals surface area (Å²) in [6.07, 6.45) is 21.1. The predicted octanol–water partition coefficient (Wildman–Crippen LogP) is 6.92. The molecule has 0 spiro atoms. The van der Waals surface area contributed by atoms with Gasteiger partial charge in [0.05, 0.1) is 20.6 Å². The molecule has 26 heavy (non-hydrogen) atoms. The Balaban J connectivity index is 3.03. The third kappa shape index (κ3) is 22.0. The molecule has 0 aliphatic heterocycles. The van der Waals surface area contributed by atoms with Crippen molar-refractivity contribution in [2.24, 2.45) is 0 Å². The normalized spacial score (nSPS) is 11.5. The van der Waals surface area contributed by atoms with Crippen LogP contribution in [0.3, 0.4) is 0 Å². The molecule has 154 valence electrons. The van der Waals surface area contributed by atoms with E-state index in [1.54, 1.807) is 0 Å². The van der Waals surface area contributed by atoms with Gasteiger partial charge in [0.15, 0.2) is 0 Å². The van der Waals surface area contributed by atoms with E-state index in [9.17, 15) is 4.79 Å². The van der Waals surface area contributed by atoms with Crippen molar-refractivity contribution >= 4 is 38.7 Å². The number of carbonyl (C=O) groups excluding carboxylic acids is 1. The molecule has 0 unspecified atom stereocenters. The Morgan fingerprint density at radius 2 is 1.15 bits per heavy atom. The molecule has 0 saturated heterocycles. The van der Waals surface area contributed by atoms with Crippen LogP contribution in [0.5, 0.6) is 0 Å². The molecule has 0 aromatic rings. The number of ether oxygens (including phenoxy) is 1. The maximum absolute atomic E-state index is 10.9. The van der Waals surface area contributed by atoms with E-state index in [2.05, 4.69) is 6.58 Å². The molecule has 0 aromatic heterocycles. The van der Waals surface area contributed by atoms with Crippen LogP contribution in [0, 0.1) is 0 Å². The number of unbranched alkanes of at least 4 members (excludes halogenated alkanes) is 14. The maximum Gasteiger partial charge on any atom is 0.330 e. The second-order valence-corrected chi connectivity index (χ2v) is 11.6. The third-order valence-electron chi connectivity index (χ3n) is 4.73. The highest BCUT2D eigenvalue weighted by molar-refractivity contribution is 6.68. The van der Waals surface area contributed by atoms with Crippen LogP contribution in [0.4, 0.5) is 0 Å². The Kier molecular flexibility index (Phi) is 21.3. The summed E-state index contributed by atoms with van der Waals surface area (Å²) < 4.78 is 4.92. The summed E-state index contributed by atoms with van der Waals surface area (Å²) in [5, 5.41) is 0. The molecule has 0 aliphatic carbocycles. The Morgan fingerprint density at radius 3 is 1.54 bits per heavy atom. The van der Waals surface area contributed by atoms with Crippen LogP contribution in [0.1, 0.15) is 96.3 Å². The standard InChI is InChI=1S/C21H40Cl2O2Si/c1-2-20(24)25-18-16-14-12-10-8-6-4-3-5-7-9-11-13-15-17-19-26-21(22)23/h2,21H,1,3-19,26H2. The molecule has 0 heterocycles. The smallest absolute Gasteiger partial charge is 0.330 e. The van der Waals surface area contributed by atoms with Crippen molar-refractivity contribution in [2.45, 2.75) is 107 Å². The fraction of sp³-hybridized carbons (Fsp3) is 0.857. The van der Waals surface area contributed by atoms with E-state index in [4.69, 9.17) is 27.9 Å². The topological polar surface area (TPSA) is 26.3 Å². The van der Waals surface area contributed by atoms with Crippen molar-refractivity contribution in [3.05, 3.63) is 12.7 Å². The molecule has 0 amide bonds. The quantitative estimate of drug-likeness (QED) is 0.0699. The van der Waals surface area contributed by atoms with E-state index in [1.165, 1.54) is 95.6 Å². The first-order chi connectivity index (χ1) is 12.7. The summed E-state index contributed by atoms with van der Waals surface area (Å²) in [6, 6.07) is 1.31. The van der Waals surface area contributed by atoms with Gasteiger partial charge in [-0.15, -0.1) is 23.2 Å². The van der Waals surface area contributed by atoms with Gasteiger partial charge < -0.3 is 4.74 Å². The van der Waals surface area contributed by atoms with Gasteiger partial charge in [-0.2, -0.15) is 0 Å². The highest BCUT2D eigenvalue weighted by atomic mass is 35.5. The first-order valence-corrected chi connectivity index (χ1v) is 13.4. The maximum atomic E-state index is 10.9. The van der Waals surface area contributed by atoms with Gasteiger partial charge in [-0.1, -0.05) is 103 Å². The third-order valence-corrected chi connectivity index (χ3v) is 7.38. The van der Waals surface area contributed by atoms with Gasteiger partial charge in [0, 0.05) is 6.08 Å². The average Bonchev–Trinajstić information content (AvgIpc) is 2.63. The summed E-state index contributed by atoms with van der Waals surface area (Å²) in [6.45, 7) is 3.92. The van der Waals surface area contributed by atoms with E-state index in [1.807, 2.05) is 0 Å². The summed E-state index contributed by atoms with van der Waals surface area (Å²) in [7, 11) is -0.214. The van der Waals surface area contributed by atoms with Crippen LogP contribution in [-0.4, -0.2) is 26.6 Å². The molecule has 0 aliphatic rings. The minimum Gasteiger partial charge on any atom is -0.463 e. The van der Waals surface area contributed by atoms with Gasteiger partial charge in [0.2, 0.25) is 0 Å². The van der Waals surface area contributed by atoms with Crippen molar-refractivity contribution in [3.8, 4) is 0 Å². The molecule has 0 rings (SSSR count). The number of rotatable bonds is 20. The second-order valence-electron chi connectivity index (χ2n) is 7.21. The Bertz CT molecular complexity index is 325. The van der Waals surface area contributed by atoms with E-state index < -0.39 is 0 Å². The van der Waals surface area contributed by atoms with Gasteiger partial charge in [-0.3, -0.25) is 0 Å². The van der Waals surface area contributed by atoms with Gasteiger partial charge >= 0.3 is 5.97 Å². The van der Waals surface area contributed by atoms with Gasteiger partial charge in [0.25, 0.3) is 0 Å². The molecule has 0 atom stereocenters. The Hall–Kier alpha value is 0.00688. The monoisotopic (exact) mass is 422 g/mol. The number of halogens is 2. The first kappa shape index (κ1) is 26.0. The molecule has 2 nitrogen and oxygen atoms in total. The molecule has 0 aromatic carbocycles. The average molecular weight is 424 g/mol. The van der Waals surface area contributed by atoms with E-state index in [0.29, 0.717) is 6.61 Å². The van der Waals surface area contributed by atoms with E-state index >= 15 is 0 Å². The van der Waals surface area contributed by atoms with Crippen LogP contribution >= 0.6 is 23.2 Å². The minimum atomic E-state index is -0.307. The molecule has 0 bridgehead atoms. The first-order valence-electron chi connectivity index (χ1n) is 10.7. The summed E-state index contributed by atoms with van der Waals surface area (Å²) in [5.41, 5.74) is 0. The number of alkyl halides is 2. The Labute approximate surface area is 174 Å². The lowest BCUT2D eigenvalue weighted by Crippen LogP contribution is -2.01. The second kappa shape index (κ2) is 21.3. The molecule has 0 radical (unpaired) electrons. The van der Waals surface area contributed by atoms with E-state index in [-0.39, 0.29) is 19.9 Å². The zero-order valence-electron chi connectivity index (χ0n) is 16.7. The summed E-state index contributed by atoms with van der Waals surface area (Å²) in [4.78, 5) is 10.9. The van der Waals surface area contributed by atoms with Crippen LogP contribution in [0.25, 0.3) is 0 Å². The van der Waals surface area contributed by atoms with Crippen molar-refractivity contribution in [1.82, 2.24) is 0 Å². The van der Waals surface area contributed by atoms with Crippen LogP contribution < -0.4 is 0 Å². The molecule has 0 fully saturated rings. The fourth-order valence-corrected chi connectivity index (χ4v) is 4.98. The van der Waals surface area contributed by atoms with Crippen LogP contribution in [-0.2, 0) is 9.53 Å². The van der Waals surface area contributed by atoms with Crippen molar-refractivity contribution in [1.29, 1.82) is 0 Å². The molecular formula is C21H40Cl2O2Si. The predicted molar refractivity (Wildman–Crippen MR) is 119 cm³/mol. The molecule has 0 N–H and O–H groups in total. The molecule has 5 heteroatoms. The lowest BCUT2D eigenvalue weighted by molar-refractivity contribution is -0.137. The summed E-state index contributed by atoms with van der Waals surface area (Å²) >= 11 is 11.6. The van der Waals surface area contributed by atoms with Crippen molar-refractivity contribution < 1.29 is 9.53 Å². The number of esters is 1. The van der Waals surface area contributed by atoms with Gasteiger partial charge in [-0.25, -0.2) is 4.79 Å². The lowest BCUT2D eigenvalue weighted by atomic mass is 10.0. The van der Waals surface area contributed by atoms with Gasteiger partial charge in [-0.05, 0) is 6.42 Å². The molecular weight excluding hydrogens is 383 g/mol. The van der Waals surface area contributed by atoms with Crippen LogP contribution in [0.15, 0.2) is 12.7 Å². The SMILES string of the molecule is C=CC(=O)OCCCCCCCCCCCCCCCCC[SiH2]C(Cl)Cl. The van der Waals surface area contributed by atoms with Crippen molar-refractivity contribution in [3.63, 3.8) is 0 Å². The fourth-order valence-electron chi connectivity index (χ4n) is 3.11. The number of carbonyl (C=O) groups is 1.